The van der Waals surface area contributed by atoms with Crippen molar-refractivity contribution in [2.75, 3.05) is 13.1 Å². The molecule has 6 heteroatoms. The highest BCUT2D eigenvalue weighted by atomic mass is 32.1. The van der Waals surface area contributed by atoms with Crippen LogP contribution in [-0.4, -0.2) is 32.8 Å². The quantitative estimate of drug-likeness (QED) is 0.728. The van der Waals surface area contributed by atoms with Gasteiger partial charge in [0, 0.05) is 24.8 Å². The molecular formula is C17H15N3O2S. The first-order valence-electron chi connectivity index (χ1n) is 7.61. The number of hydrogen-bond acceptors (Lipinski definition) is 4. The van der Waals surface area contributed by atoms with Crippen LogP contribution < -0.4 is 5.56 Å². The van der Waals surface area contributed by atoms with Crippen LogP contribution >= 0.6 is 11.5 Å². The molecule has 1 saturated heterocycles. The number of carbonyl (C=O) groups is 1. The van der Waals surface area contributed by atoms with Gasteiger partial charge in [0.1, 0.15) is 4.83 Å². The first-order valence-corrected chi connectivity index (χ1v) is 8.38. The summed E-state index contributed by atoms with van der Waals surface area (Å²) >= 11 is 1.31. The molecule has 0 radical (unpaired) electrons. The van der Waals surface area contributed by atoms with E-state index in [4.69, 9.17) is 0 Å². The van der Waals surface area contributed by atoms with Crippen molar-refractivity contribution in [1.82, 2.24) is 13.8 Å². The summed E-state index contributed by atoms with van der Waals surface area (Å²) in [4.78, 5) is 31.6. The monoisotopic (exact) mass is 325 g/mol. The lowest BCUT2D eigenvalue weighted by molar-refractivity contribution is 0.0793. The number of fused-ring (bicyclic) bond motifs is 1. The zero-order chi connectivity index (χ0) is 15.8. The van der Waals surface area contributed by atoms with Crippen molar-refractivity contribution in [3.63, 3.8) is 0 Å². The molecule has 0 aliphatic carbocycles. The second-order valence-corrected chi connectivity index (χ2v) is 6.53. The van der Waals surface area contributed by atoms with E-state index < -0.39 is 0 Å². The van der Waals surface area contributed by atoms with E-state index >= 15 is 0 Å². The highest BCUT2D eigenvalue weighted by Gasteiger charge is 2.19. The Morgan fingerprint density at radius 2 is 1.83 bits per heavy atom. The summed E-state index contributed by atoms with van der Waals surface area (Å²) in [5.41, 5.74) is 1.36. The molecule has 1 aliphatic heterocycles. The van der Waals surface area contributed by atoms with Crippen LogP contribution in [0.4, 0.5) is 0 Å². The predicted octanol–water partition coefficient (Wildman–Crippen LogP) is 2.68. The van der Waals surface area contributed by atoms with Gasteiger partial charge >= 0.3 is 0 Å². The van der Waals surface area contributed by atoms with Crippen molar-refractivity contribution in [1.29, 1.82) is 0 Å². The average molecular weight is 325 g/mol. The summed E-state index contributed by atoms with van der Waals surface area (Å²) in [5, 5.41) is 0.620. The highest BCUT2D eigenvalue weighted by Crippen LogP contribution is 2.19. The summed E-state index contributed by atoms with van der Waals surface area (Å²) < 4.78 is 1.61. The molecule has 1 amide bonds. The van der Waals surface area contributed by atoms with Gasteiger partial charge in [0.25, 0.3) is 11.5 Å². The van der Waals surface area contributed by atoms with E-state index in [-0.39, 0.29) is 11.5 Å². The molecule has 116 valence electrons. The van der Waals surface area contributed by atoms with Gasteiger partial charge in [-0.1, -0.05) is 0 Å². The molecular weight excluding hydrogens is 310 g/mol. The number of likely N-dealkylation sites (tertiary alicyclic amines) is 1. The van der Waals surface area contributed by atoms with Crippen molar-refractivity contribution < 1.29 is 4.79 Å². The Morgan fingerprint density at radius 1 is 1.09 bits per heavy atom. The number of hydrogen-bond donors (Lipinski definition) is 0. The van der Waals surface area contributed by atoms with E-state index in [0.29, 0.717) is 10.9 Å². The van der Waals surface area contributed by atoms with E-state index in [9.17, 15) is 9.59 Å². The number of benzene rings is 1. The van der Waals surface area contributed by atoms with Crippen LogP contribution in [0.5, 0.6) is 0 Å². The fourth-order valence-corrected chi connectivity index (χ4v) is 3.82. The highest BCUT2D eigenvalue weighted by molar-refractivity contribution is 7.13. The topological polar surface area (TPSA) is 55.2 Å². The molecule has 0 spiro atoms. The number of amides is 1. The molecule has 4 rings (SSSR count). The molecule has 0 saturated carbocycles. The van der Waals surface area contributed by atoms with Crippen molar-refractivity contribution in [3.05, 3.63) is 58.5 Å². The number of rotatable bonds is 2. The van der Waals surface area contributed by atoms with E-state index in [1.165, 1.54) is 11.5 Å². The van der Waals surface area contributed by atoms with Gasteiger partial charge in [-0.2, -0.15) is 0 Å². The number of carbonyl (C=O) groups excluding carboxylic acids is 1. The van der Waals surface area contributed by atoms with Gasteiger partial charge < -0.3 is 4.90 Å². The largest absolute Gasteiger partial charge is 0.339 e. The average Bonchev–Trinajstić information content (AvgIpc) is 3.23. The second kappa shape index (κ2) is 5.62. The second-order valence-electron chi connectivity index (χ2n) is 5.59. The van der Waals surface area contributed by atoms with E-state index in [0.717, 1.165) is 36.4 Å². The van der Waals surface area contributed by atoms with Gasteiger partial charge in [0.15, 0.2) is 0 Å². The smallest absolute Gasteiger partial charge is 0.274 e. The Morgan fingerprint density at radius 3 is 2.52 bits per heavy atom. The lowest BCUT2D eigenvalue weighted by atomic mass is 10.2. The van der Waals surface area contributed by atoms with Crippen LogP contribution in [0.15, 0.2) is 47.4 Å². The van der Waals surface area contributed by atoms with Crippen LogP contribution in [0, 0.1) is 0 Å². The van der Waals surface area contributed by atoms with Gasteiger partial charge in [-0.3, -0.25) is 9.59 Å². The van der Waals surface area contributed by atoms with Crippen LogP contribution in [0.25, 0.3) is 15.9 Å². The third-order valence-corrected chi connectivity index (χ3v) is 5.16. The Labute approximate surface area is 137 Å². The van der Waals surface area contributed by atoms with Gasteiger partial charge in [0.2, 0.25) is 0 Å². The maximum atomic E-state index is 12.4. The van der Waals surface area contributed by atoms with Crippen LogP contribution in [0.3, 0.4) is 0 Å². The van der Waals surface area contributed by atoms with Gasteiger partial charge in [-0.15, -0.1) is 0 Å². The maximum Gasteiger partial charge on any atom is 0.274 e. The Hall–Kier alpha value is -2.47. The first-order chi connectivity index (χ1) is 11.2. The van der Waals surface area contributed by atoms with Gasteiger partial charge in [-0.05, 0) is 60.8 Å². The summed E-state index contributed by atoms with van der Waals surface area (Å²) in [6, 6.07) is 10.8. The molecule has 23 heavy (non-hydrogen) atoms. The zero-order valence-corrected chi connectivity index (χ0v) is 13.3. The summed E-state index contributed by atoms with van der Waals surface area (Å²) in [7, 11) is 0. The van der Waals surface area contributed by atoms with Crippen molar-refractivity contribution in [3.8, 4) is 5.69 Å². The summed E-state index contributed by atoms with van der Waals surface area (Å²) in [6.07, 6.45) is 3.84. The predicted molar refractivity (Wildman–Crippen MR) is 90.4 cm³/mol. The van der Waals surface area contributed by atoms with E-state index in [1.54, 1.807) is 34.4 Å². The normalized spacial score (nSPS) is 14.5. The fraction of sp³-hybridized carbons (Fsp3) is 0.235. The minimum absolute atomic E-state index is 0.0689. The SMILES string of the molecule is O=C(c1ccc(-n2sc3ncccc3c2=O)cc1)N1CCCC1. The molecule has 1 aliphatic rings. The maximum absolute atomic E-state index is 12.4. The molecule has 3 heterocycles. The Balaban J connectivity index is 1.68. The minimum atomic E-state index is -0.0725. The molecule has 1 aromatic carbocycles. The Bertz CT molecular complexity index is 921. The standard InChI is InChI=1S/C17H15N3O2S/c21-16(19-10-1-2-11-19)12-5-7-13(8-6-12)20-17(22)14-4-3-9-18-15(14)23-20/h3-9H,1-2,10-11H2. The first kappa shape index (κ1) is 14.1. The van der Waals surface area contributed by atoms with E-state index in [2.05, 4.69) is 4.98 Å². The molecule has 0 unspecified atom stereocenters. The van der Waals surface area contributed by atoms with Crippen LogP contribution in [0.2, 0.25) is 0 Å². The summed E-state index contributed by atoms with van der Waals surface area (Å²) in [5.74, 6) is 0.0689. The van der Waals surface area contributed by atoms with Crippen molar-refractivity contribution >= 4 is 27.7 Å². The lowest BCUT2D eigenvalue weighted by Crippen LogP contribution is -2.27. The minimum Gasteiger partial charge on any atom is -0.339 e. The number of nitrogens with zero attached hydrogens (tertiary/aromatic N) is 3. The van der Waals surface area contributed by atoms with Gasteiger partial charge in [0.05, 0.1) is 11.1 Å². The Kier molecular flexibility index (Phi) is 3.46. The third-order valence-electron chi connectivity index (χ3n) is 4.11. The lowest BCUT2D eigenvalue weighted by Gasteiger charge is -2.15. The fourth-order valence-electron chi connectivity index (χ4n) is 2.88. The molecule has 1 fully saturated rings. The van der Waals surface area contributed by atoms with Gasteiger partial charge in [-0.25, -0.2) is 8.94 Å². The summed E-state index contributed by atoms with van der Waals surface area (Å²) in [6.45, 7) is 1.67. The zero-order valence-electron chi connectivity index (χ0n) is 12.4. The molecule has 0 bridgehead atoms. The number of pyridine rings is 1. The van der Waals surface area contributed by atoms with Crippen LogP contribution in [0.1, 0.15) is 23.2 Å². The molecule has 0 N–H and O–H groups in total. The third kappa shape index (κ3) is 2.45. The van der Waals surface area contributed by atoms with Crippen molar-refractivity contribution in [2.45, 2.75) is 12.8 Å². The van der Waals surface area contributed by atoms with Crippen molar-refractivity contribution in [2.24, 2.45) is 0 Å². The molecule has 2 aromatic heterocycles. The molecule has 3 aromatic rings. The van der Waals surface area contributed by atoms with E-state index in [1.807, 2.05) is 17.0 Å². The molecule has 5 nitrogen and oxygen atoms in total. The number of aromatic nitrogens is 2. The van der Waals surface area contributed by atoms with Crippen LogP contribution in [-0.2, 0) is 0 Å². The molecule has 0 atom stereocenters.